The van der Waals surface area contributed by atoms with Gasteiger partial charge in [-0.1, -0.05) is 17.7 Å². The lowest BCUT2D eigenvalue weighted by molar-refractivity contribution is -0.182. The zero-order valence-electron chi connectivity index (χ0n) is 14.7. The van der Waals surface area contributed by atoms with E-state index in [1.54, 1.807) is 24.4 Å². The molecule has 1 N–H and O–H groups in total. The van der Waals surface area contributed by atoms with Crippen LogP contribution in [0.4, 0.5) is 13.2 Å². The second-order valence-corrected chi connectivity index (χ2v) is 6.11. The number of alkyl halides is 3. The minimum Gasteiger partial charge on any atom is -0.453 e. The van der Waals surface area contributed by atoms with Crippen LogP contribution in [0.15, 0.2) is 47.7 Å². The van der Waals surface area contributed by atoms with Crippen molar-refractivity contribution < 1.29 is 27.5 Å². The van der Waals surface area contributed by atoms with Gasteiger partial charge >= 0.3 is 12.1 Å². The molecule has 0 atom stereocenters. The van der Waals surface area contributed by atoms with Crippen molar-refractivity contribution in [2.24, 2.45) is 0 Å². The standard InChI is InChI=1S/C19H21F3N2O3/c20-19(21,22)13-27-17(25)9-8-14-5-1-2-6-15(14)10-12-24-18(26)16-7-3-4-11-23-16/h3-4,7-9,11H,1-2,5-6,10,12-13H2,(H,24,26)/b9-8+. The summed E-state index contributed by atoms with van der Waals surface area (Å²) in [5.41, 5.74) is 2.34. The summed E-state index contributed by atoms with van der Waals surface area (Å²) >= 11 is 0. The highest BCUT2D eigenvalue weighted by Gasteiger charge is 2.29. The summed E-state index contributed by atoms with van der Waals surface area (Å²) in [4.78, 5) is 27.4. The van der Waals surface area contributed by atoms with Crippen LogP contribution in [0, 0.1) is 0 Å². The van der Waals surface area contributed by atoms with E-state index in [9.17, 15) is 22.8 Å². The average molecular weight is 382 g/mol. The molecule has 1 amide bonds. The maximum atomic E-state index is 12.1. The van der Waals surface area contributed by atoms with Gasteiger partial charge in [0.05, 0.1) is 0 Å². The van der Waals surface area contributed by atoms with Crippen molar-refractivity contribution in [2.75, 3.05) is 13.2 Å². The van der Waals surface area contributed by atoms with Crippen LogP contribution in [0.3, 0.4) is 0 Å². The zero-order chi connectivity index (χ0) is 19.7. The molecule has 0 fully saturated rings. The summed E-state index contributed by atoms with van der Waals surface area (Å²) in [5.74, 6) is -1.28. The topological polar surface area (TPSA) is 68.3 Å². The molecule has 8 heteroatoms. The van der Waals surface area contributed by atoms with Crippen LogP contribution in [0.1, 0.15) is 42.6 Å². The molecule has 5 nitrogen and oxygen atoms in total. The Kier molecular flexibility index (Phi) is 7.57. The maximum absolute atomic E-state index is 12.1. The Morgan fingerprint density at radius 1 is 1.22 bits per heavy atom. The van der Waals surface area contributed by atoms with Crippen molar-refractivity contribution in [1.82, 2.24) is 10.3 Å². The normalized spacial score (nSPS) is 15.1. The van der Waals surface area contributed by atoms with Crippen molar-refractivity contribution >= 4 is 11.9 Å². The molecule has 0 spiro atoms. The number of amides is 1. The van der Waals surface area contributed by atoms with Crippen molar-refractivity contribution in [3.8, 4) is 0 Å². The van der Waals surface area contributed by atoms with E-state index >= 15 is 0 Å². The number of esters is 1. The summed E-state index contributed by atoms with van der Waals surface area (Å²) < 4.78 is 40.3. The van der Waals surface area contributed by atoms with Gasteiger partial charge in [-0.3, -0.25) is 9.78 Å². The molecule has 1 heterocycles. The Bertz CT molecular complexity index is 713. The van der Waals surface area contributed by atoms with E-state index in [1.165, 1.54) is 6.08 Å². The second-order valence-electron chi connectivity index (χ2n) is 6.11. The van der Waals surface area contributed by atoms with Gasteiger partial charge in [0.25, 0.3) is 5.91 Å². The molecule has 0 unspecified atom stereocenters. The number of allylic oxidation sites excluding steroid dienone is 2. The number of halogens is 3. The molecule has 27 heavy (non-hydrogen) atoms. The molecule has 1 aromatic rings. The Morgan fingerprint density at radius 3 is 2.70 bits per heavy atom. The third-order valence-electron chi connectivity index (χ3n) is 4.04. The number of carbonyl (C=O) groups is 2. The van der Waals surface area contributed by atoms with E-state index in [4.69, 9.17) is 0 Å². The second kappa shape index (κ2) is 9.89. The number of hydrogen-bond acceptors (Lipinski definition) is 4. The van der Waals surface area contributed by atoms with Crippen molar-refractivity contribution in [2.45, 2.75) is 38.3 Å². The lowest BCUT2D eigenvalue weighted by atomic mass is 9.89. The Balaban J connectivity index is 1.88. The first-order valence-corrected chi connectivity index (χ1v) is 8.67. The van der Waals surface area contributed by atoms with Crippen molar-refractivity contribution in [3.05, 3.63) is 53.4 Å². The Hall–Kier alpha value is -2.64. The number of nitrogens with one attached hydrogen (secondary N) is 1. The molecule has 1 aliphatic rings. The van der Waals surface area contributed by atoms with E-state index < -0.39 is 18.8 Å². The first-order chi connectivity index (χ1) is 12.8. The van der Waals surface area contributed by atoms with Crippen LogP contribution < -0.4 is 5.32 Å². The van der Waals surface area contributed by atoms with Crippen LogP contribution in [0.25, 0.3) is 0 Å². The van der Waals surface area contributed by atoms with Gasteiger partial charge in [0.2, 0.25) is 0 Å². The van der Waals surface area contributed by atoms with Gasteiger partial charge in [-0.15, -0.1) is 0 Å². The van der Waals surface area contributed by atoms with Gasteiger partial charge in [0, 0.05) is 18.8 Å². The number of aromatic nitrogens is 1. The number of carbonyl (C=O) groups excluding carboxylic acids is 2. The molecular weight excluding hydrogens is 361 g/mol. The van der Waals surface area contributed by atoms with E-state index in [0.717, 1.165) is 42.9 Å². The smallest absolute Gasteiger partial charge is 0.422 e. The first kappa shape index (κ1) is 20.7. The van der Waals surface area contributed by atoms with Gasteiger partial charge in [0.15, 0.2) is 6.61 Å². The van der Waals surface area contributed by atoms with Crippen LogP contribution in [-0.4, -0.2) is 36.2 Å². The molecule has 2 rings (SSSR count). The van der Waals surface area contributed by atoms with Crippen LogP contribution in [0.5, 0.6) is 0 Å². The zero-order valence-corrected chi connectivity index (χ0v) is 14.7. The van der Waals surface area contributed by atoms with Gasteiger partial charge < -0.3 is 10.1 Å². The highest BCUT2D eigenvalue weighted by molar-refractivity contribution is 5.92. The minimum absolute atomic E-state index is 0.264. The fourth-order valence-electron chi connectivity index (χ4n) is 2.76. The fraction of sp³-hybridized carbons (Fsp3) is 0.421. The molecule has 1 aliphatic carbocycles. The molecular formula is C19H21F3N2O3. The van der Waals surface area contributed by atoms with E-state index in [2.05, 4.69) is 15.0 Å². The van der Waals surface area contributed by atoms with Gasteiger partial charge in [-0.2, -0.15) is 13.2 Å². The van der Waals surface area contributed by atoms with Crippen molar-refractivity contribution in [1.29, 1.82) is 0 Å². The number of pyridine rings is 1. The molecule has 0 bridgehead atoms. The molecule has 0 aliphatic heterocycles. The monoisotopic (exact) mass is 382 g/mol. The maximum Gasteiger partial charge on any atom is 0.422 e. The lowest BCUT2D eigenvalue weighted by Gasteiger charge is -2.18. The molecule has 1 aromatic heterocycles. The predicted molar refractivity (Wildman–Crippen MR) is 92.8 cm³/mol. The fourth-order valence-corrected chi connectivity index (χ4v) is 2.76. The minimum atomic E-state index is -4.54. The van der Waals surface area contributed by atoms with E-state index in [-0.39, 0.29) is 5.91 Å². The Morgan fingerprint density at radius 2 is 2.00 bits per heavy atom. The molecule has 0 aromatic carbocycles. The van der Waals surface area contributed by atoms with E-state index in [0.29, 0.717) is 18.7 Å². The average Bonchev–Trinajstić information content (AvgIpc) is 2.65. The summed E-state index contributed by atoms with van der Waals surface area (Å²) in [6.07, 6.45) is 3.68. The van der Waals surface area contributed by atoms with Crippen molar-refractivity contribution in [3.63, 3.8) is 0 Å². The third kappa shape index (κ3) is 7.64. The summed E-state index contributed by atoms with van der Waals surface area (Å²) in [6, 6.07) is 5.07. The Labute approximate surface area is 155 Å². The molecule has 0 saturated heterocycles. The van der Waals surface area contributed by atoms with Crippen LogP contribution in [-0.2, 0) is 9.53 Å². The quantitative estimate of drug-likeness (QED) is 0.576. The SMILES string of the molecule is O=C(/C=C/C1=C(CCNC(=O)c2ccccn2)CCCC1)OCC(F)(F)F. The number of hydrogen-bond donors (Lipinski definition) is 1. The molecule has 0 radical (unpaired) electrons. The van der Waals surface area contributed by atoms with Gasteiger partial charge in [0.1, 0.15) is 5.69 Å². The number of nitrogens with zero attached hydrogens (tertiary/aromatic N) is 1. The van der Waals surface area contributed by atoms with Gasteiger partial charge in [-0.05, 0) is 49.8 Å². The number of ether oxygens (including phenoxy) is 1. The van der Waals surface area contributed by atoms with Gasteiger partial charge in [-0.25, -0.2) is 4.79 Å². The highest BCUT2D eigenvalue weighted by atomic mass is 19.4. The largest absolute Gasteiger partial charge is 0.453 e. The highest BCUT2D eigenvalue weighted by Crippen LogP contribution is 2.27. The molecule has 146 valence electrons. The van der Waals surface area contributed by atoms with Crippen LogP contribution in [0.2, 0.25) is 0 Å². The number of rotatable bonds is 7. The first-order valence-electron chi connectivity index (χ1n) is 8.67. The van der Waals surface area contributed by atoms with Crippen LogP contribution >= 0.6 is 0 Å². The summed E-state index contributed by atoms with van der Waals surface area (Å²) in [7, 11) is 0. The van der Waals surface area contributed by atoms with E-state index in [1.807, 2.05) is 0 Å². The summed E-state index contributed by atoms with van der Waals surface area (Å²) in [6.45, 7) is -1.18. The predicted octanol–water partition coefficient (Wildman–Crippen LogP) is 3.73. The third-order valence-corrected chi connectivity index (χ3v) is 4.04. The lowest BCUT2D eigenvalue weighted by Crippen LogP contribution is -2.25. The summed E-state index contributed by atoms with van der Waals surface area (Å²) in [5, 5.41) is 2.79. The molecule has 0 saturated carbocycles.